The molecule has 0 radical (unpaired) electrons. The molecule has 1 aromatic heterocycles. The van der Waals surface area contributed by atoms with Crippen LogP contribution in [0.2, 0.25) is 0 Å². The van der Waals surface area contributed by atoms with E-state index in [-0.39, 0.29) is 0 Å². The average Bonchev–Trinajstić information content (AvgIpc) is 2.90. The maximum Gasteiger partial charge on any atom is 0.137 e. The normalized spacial score (nSPS) is 33.8. The maximum atomic E-state index is 10.6. The van der Waals surface area contributed by atoms with E-state index in [1.807, 2.05) is 6.20 Å². The van der Waals surface area contributed by atoms with Gasteiger partial charge in [-0.15, -0.1) is 0 Å². The Balaban J connectivity index is 1.76. The lowest BCUT2D eigenvalue weighted by atomic mass is 9.86. The van der Waals surface area contributed by atoms with E-state index in [1.54, 1.807) is 6.20 Å². The summed E-state index contributed by atoms with van der Waals surface area (Å²) in [7, 11) is 2.23. The highest BCUT2D eigenvalue weighted by Crippen LogP contribution is 2.42. The first-order valence-corrected chi connectivity index (χ1v) is 7.11. The van der Waals surface area contributed by atoms with Crippen LogP contribution in [0.3, 0.4) is 0 Å². The van der Waals surface area contributed by atoms with Gasteiger partial charge in [0, 0.05) is 31.0 Å². The highest BCUT2D eigenvalue weighted by Gasteiger charge is 2.41. The molecule has 1 aromatic rings. The largest absolute Gasteiger partial charge is 0.385 e. The fourth-order valence-corrected chi connectivity index (χ4v) is 3.78. The van der Waals surface area contributed by atoms with Crippen LogP contribution in [0.5, 0.6) is 0 Å². The molecule has 2 fully saturated rings. The Bertz CT molecular complexity index is 403. The quantitative estimate of drug-likeness (QED) is 0.888. The van der Waals surface area contributed by atoms with Gasteiger partial charge < -0.3 is 14.6 Å². The molecule has 3 unspecified atom stereocenters. The number of aliphatic hydroxyl groups excluding tert-OH is 1. The van der Waals surface area contributed by atoms with Crippen LogP contribution < -0.4 is 0 Å². The van der Waals surface area contributed by atoms with E-state index in [9.17, 15) is 5.11 Å². The highest BCUT2D eigenvalue weighted by atomic mass is 16.3. The minimum absolute atomic E-state index is 0.381. The molecule has 0 aromatic carbocycles. The number of hydrogen-bond acceptors (Lipinski definition) is 3. The number of rotatable bonds is 3. The van der Waals surface area contributed by atoms with Gasteiger partial charge in [0.1, 0.15) is 11.9 Å². The van der Waals surface area contributed by atoms with Crippen LogP contribution >= 0.6 is 0 Å². The van der Waals surface area contributed by atoms with Crippen molar-refractivity contribution in [1.29, 1.82) is 0 Å². The van der Waals surface area contributed by atoms with Gasteiger partial charge in [-0.3, -0.25) is 0 Å². The van der Waals surface area contributed by atoms with Crippen molar-refractivity contribution in [2.75, 3.05) is 7.05 Å². The Morgan fingerprint density at radius 1 is 1.39 bits per heavy atom. The predicted octanol–water partition coefficient (Wildman–Crippen LogP) is 1.81. The summed E-state index contributed by atoms with van der Waals surface area (Å²) in [5, 5.41) is 10.6. The third-order valence-electron chi connectivity index (χ3n) is 4.93. The summed E-state index contributed by atoms with van der Waals surface area (Å²) in [6.07, 6.45) is 8.19. The van der Waals surface area contributed by atoms with E-state index in [2.05, 4.69) is 28.4 Å². The predicted molar refractivity (Wildman–Crippen MR) is 70.2 cm³/mol. The van der Waals surface area contributed by atoms with Crippen LogP contribution in [0.25, 0.3) is 0 Å². The number of imidazole rings is 1. The molecule has 2 saturated heterocycles. The van der Waals surface area contributed by atoms with E-state index >= 15 is 0 Å². The van der Waals surface area contributed by atoms with Crippen molar-refractivity contribution in [2.24, 2.45) is 5.92 Å². The van der Waals surface area contributed by atoms with Gasteiger partial charge in [0.25, 0.3) is 0 Å². The zero-order chi connectivity index (χ0) is 12.7. The molecule has 0 aliphatic carbocycles. The molecule has 3 atom stereocenters. The number of aryl methyl sites for hydroxylation is 1. The van der Waals surface area contributed by atoms with Crippen LogP contribution in [0, 0.1) is 5.92 Å². The summed E-state index contributed by atoms with van der Waals surface area (Å²) in [4.78, 5) is 6.86. The first-order valence-electron chi connectivity index (χ1n) is 7.11. The molecule has 0 amide bonds. The van der Waals surface area contributed by atoms with Crippen molar-refractivity contribution in [3.63, 3.8) is 0 Å². The van der Waals surface area contributed by atoms with Crippen molar-refractivity contribution < 1.29 is 5.11 Å². The summed E-state index contributed by atoms with van der Waals surface area (Å²) in [6, 6.07) is 1.35. The first-order chi connectivity index (χ1) is 8.70. The van der Waals surface area contributed by atoms with Crippen LogP contribution in [0.4, 0.5) is 0 Å². The summed E-state index contributed by atoms with van der Waals surface area (Å²) in [5.41, 5.74) is 0. The highest BCUT2D eigenvalue weighted by molar-refractivity contribution is 5.03. The van der Waals surface area contributed by atoms with Gasteiger partial charge in [-0.1, -0.05) is 0 Å². The molecule has 4 heteroatoms. The second-order valence-corrected chi connectivity index (χ2v) is 5.80. The van der Waals surface area contributed by atoms with Gasteiger partial charge in [0.2, 0.25) is 0 Å². The molecular formula is C14H23N3O. The van der Waals surface area contributed by atoms with Gasteiger partial charge in [-0.25, -0.2) is 4.98 Å². The molecule has 4 nitrogen and oxygen atoms in total. The molecule has 0 saturated carbocycles. The number of aliphatic hydroxyl groups is 1. The molecule has 2 aliphatic rings. The van der Waals surface area contributed by atoms with Gasteiger partial charge in [0.15, 0.2) is 0 Å². The number of aromatic nitrogens is 2. The minimum atomic E-state index is -0.392. The second-order valence-electron chi connectivity index (χ2n) is 5.80. The smallest absolute Gasteiger partial charge is 0.137 e. The van der Waals surface area contributed by atoms with Crippen LogP contribution in [0.15, 0.2) is 12.4 Å². The summed E-state index contributed by atoms with van der Waals surface area (Å²) in [6.45, 7) is 2.97. The molecule has 2 bridgehead atoms. The lowest BCUT2D eigenvalue weighted by molar-refractivity contribution is 0.0289. The Kier molecular flexibility index (Phi) is 3.16. The van der Waals surface area contributed by atoms with Gasteiger partial charge >= 0.3 is 0 Å². The molecule has 18 heavy (non-hydrogen) atoms. The van der Waals surface area contributed by atoms with Crippen molar-refractivity contribution in [2.45, 2.75) is 57.3 Å². The van der Waals surface area contributed by atoms with Crippen molar-refractivity contribution in [3.05, 3.63) is 18.2 Å². The SMILES string of the molecule is CCn1ccnc1C(O)C1CC2CCC(C1)N2C. The number of nitrogens with zero attached hydrogens (tertiary/aromatic N) is 3. The molecule has 1 N–H and O–H groups in total. The summed E-state index contributed by atoms with van der Waals surface area (Å²) in [5.74, 6) is 1.23. The molecule has 3 heterocycles. The molecule has 3 rings (SSSR count). The Labute approximate surface area is 109 Å². The van der Waals surface area contributed by atoms with E-state index < -0.39 is 6.10 Å². The van der Waals surface area contributed by atoms with Crippen molar-refractivity contribution >= 4 is 0 Å². The first kappa shape index (κ1) is 12.2. The maximum absolute atomic E-state index is 10.6. The van der Waals surface area contributed by atoms with E-state index in [0.717, 1.165) is 25.2 Å². The summed E-state index contributed by atoms with van der Waals surface area (Å²) < 4.78 is 2.06. The third-order valence-corrected chi connectivity index (χ3v) is 4.93. The monoisotopic (exact) mass is 249 g/mol. The standard InChI is InChI=1S/C14H23N3O/c1-3-17-7-6-15-14(17)13(18)10-8-11-4-5-12(9-10)16(11)2/h6-7,10-13,18H,3-5,8-9H2,1-2H3. The van der Waals surface area contributed by atoms with Crippen LogP contribution in [-0.2, 0) is 6.54 Å². The zero-order valence-corrected chi connectivity index (χ0v) is 11.3. The fourth-order valence-electron chi connectivity index (χ4n) is 3.78. The molecule has 0 spiro atoms. The number of fused-ring (bicyclic) bond motifs is 2. The Hall–Kier alpha value is -0.870. The van der Waals surface area contributed by atoms with Gasteiger partial charge in [-0.05, 0) is 45.6 Å². The lowest BCUT2D eigenvalue weighted by Gasteiger charge is -2.38. The number of hydrogen-bond donors (Lipinski definition) is 1. The van der Waals surface area contributed by atoms with E-state index in [0.29, 0.717) is 18.0 Å². The van der Waals surface area contributed by atoms with Crippen LogP contribution in [-0.4, -0.2) is 38.7 Å². The minimum Gasteiger partial charge on any atom is -0.385 e. The zero-order valence-electron chi connectivity index (χ0n) is 11.3. The number of piperidine rings is 1. The fraction of sp³-hybridized carbons (Fsp3) is 0.786. The third kappa shape index (κ3) is 1.88. The van der Waals surface area contributed by atoms with Crippen molar-refractivity contribution in [1.82, 2.24) is 14.5 Å². The average molecular weight is 249 g/mol. The van der Waals surface area contributed by atoms with E-state index in [1.165, 1.54) is 12.8 Å². The topological polar surface area (TPSA) is 41.3 Å². The Morgan fingerprint density at radius 3 is 2.67 bits per heavy atom. The molecule has 2 aliphatic heterocycles. The van der Waals surface area contributed by atoms with Crippen molar-refractivity contribution in [3.8, 4) is 0 Å². The lowest BCUT2D eigenvalue weighted by Crippen LogP contribution is -2.41. The Morgan fingerprint density at radius 2 is 2.06 bits per heavy atom. The second kappa shape index (κ2) is 4.67. The summed E-state index contributed by atoms with van der Waals surface area (Å²) >= 11 is 0. The van der Waals surface area contributed by atoms with Gasteiger partial charge in [-0.2, -0.15) is 0 Å². The van der Waals surface area contributed by atoms with Gasteiger partial charge in [0.05, 0.1) is 0 Å². The van der Waals surface area contributed by atoms with E-state index in [4.69, 9.17) is 0 Å². The molecule has 100 valence electrons. The van der Waals surface area contributed by atoms with Crippen LogP contribution in [0.1, 0.15) is 44.5 Å². The molecular weight excluding hydrogens is 226 g/mol.